The number of aryl methyl sites for hydroxylation is 1. The van der Waals surface area contributed by atoms with E-state index in [1.165, 1.54) is 16.4 Å². The summed E-state index contributed by atoms with van der Waals surface area (Å²) in [5.41, 5.74) is 2.00. The van der Waals surface area contributed by atoms with E-state index in [0.717, 1.165) is 12.8 Å². The number of aromatic carboxylic acids is 1. The number of rotatable bonds is 4. The van der Waals surface area contributed by atoms with Crippen LogP contribution in [0.3, 0.4) is 0 Å². The Morgan fingerprint density at radius 3 is 2.65 bits per heavy atom. The maximum absolute atomic E-state index is 10.9. The largest absolute Gasteiger partial charge is 0.476 e. The molecule has 0 saturated heterocycles. The van der Waals surface area contributed by atoms with E-state index in [2.05, 4.69) is 17.2 Å². The van der Waals surface area contributed by atoms with Crippen molar-refractivity contribution in [2.24, 2.45) is 0 Å². The van der Waals surface area contributed by atoms with E-state index in [-0.39, 0.29) is 5.69 Å². The average Bonchev–Trinajstić information content (AvgIpc) is 2.79. The molecule has 2 rings (SSSR count). The molecule has 1 N–H and O–H groups in total. The van der Waals surface area contributed by atoms with Gasteiger partial charge in [-0.2, -0.15) is 0 Å². The zero-order chi connectivity index (χ0) is 12.3. The number of benzene rings is 1. The summed E-state index contributed by atoms with van der Waals surface area (Å²) in [6.07, 6.45) is 3.34. The van der Waals surface area contributed by atoms with Gasteiger partial charge in [0.05, 0.1) is 11.9 Å². The van der Waals surface area contributed by atoms with E-state index in [4.69, 9.17) is 5.11 Å². The maximum Gasteiger partial charge on any atom is 0.356 e. The minimum Gasteiger partial charge on any atom is -0.476 e. The van der Waals surface area contributed by atoms with E-state index < -0.39 is 5.97 Å². The Balaban J connectivity index is 2.33. The predicted octanol–water partition coefficient (Wildman–Crippen LogP) is 1.92. The summed E-state index contributed by atoms with van der Waals surface area (Å²) in [5, 5.41) is 16.3. The molecule has 2 aromatic rings. The Morgan fingerprint density at radius 2 is 2.06 bits per heavy atom. The van der Waals surface area contributed by atoms with Crippen molar-refractivity contribution < 1.29 is 9.90 Å². The van der Waals surface area contributed by atoms with E-state index in [0.29, 0.717) is 5.69 Å². The van der Waals surface area contributed by atoms with Crippen molar-refractivity contribution in [3.8, 4) is 5.69 Å². The van der Waals surface area contributed by atoms with Crippen LogP contribution in [0.1, 0.15) is 29.4 Å². The molecule has 0 fully saturated rings. The summed E-state index contributed by atoms with van der Waals surface area (Å²) < 4.78 is 1.32. The van der Waals surface area contributed by atoms with Crippen LogP contribution in [-0.4, -0.2) is 26.1 Å². The minimum atomic E-state index is -1.03. The van der Waals surface area contributed by atoms with Gasteiger partial charge in [-0.15, -0.1) is 5.10 Å². The van der Waals surface area contributed by atoms with E-state index in [1.54, 1.807) is 0 Å². The lowest BCUT2D eigenvalue weighted by Crippen LogP contribution is -2.07. The molecule has 0 aliphatic rings. The fourth-order valence-electron chi connectivity index (χ4n) is 1.66. The van der Waals surface area contributed by atoms with Gasteiger partial charge in [-0.05, 0) is 24.1 Å². The molecule has 0 aliphatic heterocycles. The van der Waals surface area contributed by atoms with E-state index >= 15 is 0 Å². The van der Waals surface area contributed by atoms with Crippen LogP contribution in [0.4, 0.5) is 0 Å². The number of carboxylic acid groups (broad SMARTS) is 1. The molecule has 1 heterocycles. The van der Waals surface area contributed by atoms with Crippen LogP contribution in [0.5, 0.6) is 0 Å². The smallest absolute Gasteiger partial charge is 0.356 e. The Morgan fingerprint density at radius 1 is 1.35 bits per heavy atom. The fraction of sp³-hybridized carbons (Fsp3) is 0.250. The quantitative estimate of drug-likeness (QED) is 0.872. The standard InChI is InChI=1S/C12H13N3O2/c1-2-3-9-4-6-10(7-5-9)15-11(12(16)17)8-13-14-15/h4-8H,2-3H2,1H3,(H,16,17). The average molecular weight is 231 g/mol. The molecule has 0 saturated carbocycles. The van der Waals surface area contributed by atoms with E-state index in [1.807, 2.05) is 24.3 Å². The van der Waals surface area contributed by atoms with Crippen molar-refractivity contribution >= 4 is 5.97 Å². The maximum atomic E-state index is 10.9. The molecule has 0 amide bonds. The summed E-state index contributed by atoms with van der Waals surface area (Å²) in [4.78, 5) is 10.9. The summed E-state index contributed by atoms with van der Waals surface area (Å²) in [6.45, 7) is 2.12. The molecule has 0 atom stereocenters. The third-order valence-electron chi connectivity index (χ3n) is 2.49. The van der Waals surface area contributed by atoms with Crippen LogP contribution in [0.15, 0.2) is 30.5 Å². The lowest BCUT2D eigenvalue weighted by molar-refractivity contribution is 0.0687. The van der Waals surface area contributed by atoms with Crippen molar-refractivity contribution in [1.29, 1.82) is 0 Å². The molecule has 0 spiro atoms. The lowest BCUT2D eigenvalue weighted by atomic mass is 10.1. The van der Waals surface area contributed by atoms with Crippen molar-refractivity contribution in [2.75, 3.05) is 0 Å². The Kier molecular flexibility index (Phi) is 3.18. The van der Waals surface area contributed by atoms with Gasteiger partial charge in [0.25, 0.3) is 0 Å². The molecular formula is C12H13N3O2. The van der Waals surface area contributed by atoms with Crippen molar-refractivity contribution in [1.82, 2.24) is 15.0 Å². The third-order valence-corrected chi connectivity index (χ3v) is 2.49. The monoisotopic (exact) mass is 231 g/mol. The molecule has 0 aliphatic carbocycles. The van der Waals surface area contributed by atoms with Gasteiger partial charge < -0.3 is 5.11 Å². The highest BCUT2D eigenvalue weighted by atomic mass is 16.4. The predicted molar refractivity (Wildman–Crippen MR) is 62.3 cm³/mol. The van der Waals surface area contributed by atoms with Crippen molar-refractivity contribution in [3.05, 3.63) is 41.7 Å². The first-order valence-corrected chi connectivity index (χ1v) is 5.45. The van der Waals surface area contributed by atoms with Crippen molar-refractivity contribution in [3.63, 3.8) is 0 Å². The van der Waals surface area contributed by atoms with E-state index in [9.17, 15) is 4.79 Å². The van der Waals surface area contributed by atoms with Gasteiger partial charge in [0.2, 0.25) is 0 Å². The second kappa shape index (κ2) is 4.78. The lowest BCUT2D eigenvalue weighted by Gasteiger charge is -2.04. The summed E-state index contributed by atoms with van der Waals surface area (Å²) in [5.74, 6) is -1.03. The zero-order valence-corrected chi connectivity index (χ0v) is 9.50. The summed E-state index contributed by atoms with van der Waals surface area (Å²) >= 11 is 0. The van der Waals surface area contributed by atoms with Crippen LogP contribution in [0, 0.1) is 0 Å². The summed E-state index contributed by atoms with van der Waals surface area (Å²) in [7, 11) is 0. The first kappa shape index (κ1) is 11.3. The molecular weight excluding hydrogens is 218 g/mol. The van der Waals surface area contributed by atoms with Gasteiger partial charge >= 0.3 is 5.97 Å². The minimum absolute atomic E-state index is 0.0632. The fourth-order valence-corrected chi connectivity index (χ4v) is 1.66. The Bertz CT molecular complexity index is 517. The van der Waals surface area contributed by atoms with Gasteiger partial charge in [-0.25, -0.2) is 9.48 Å². The highest BCUT2D eigenvalue weighted by Crippen LogP contribution is 2.12. The second-order valence-electron chi connectivity index (χ2n) is 3.75. The molecule has 0 unspecified atom stereocenters. The van der Waals surface area contributed by atoms with Crippen LogP contribution in [0.25, 0.3) is 5.69 Å². The molecule has 88 valence electrons. The van der Waals surface area contributed by atoms with Crippen LogP contribution in [0.2, 0.25) is 0 Å². The molecule has 0 bridgehead atoms. The highest BCUT2D eigenvalue weighted by molar-refractivity contribution is 5.85. The molecule has 5 heteroatoms. The SMILES string of the molecule is CCCc1ccc(-n2nncc2C(=O)O)cc1. The van der Waals surface area contributed by atoms with Gasteiger partial charge in [0, 0.05) is 0 Å². The number of carbonyl (C=O) groups is 1. The number of nitrogens with zero attached hydrogens (tertiary/aromatic N) is 3. The molecule has 1 aromatic carbocycles. The molecule has 0 radical (unpaired) electrons. The second-order valence-corrected chi connectivity index (χ2v) is 3.75. The van der Waals surface area contributed by atoms with Gasteiger partial charge in [-0.3, -0.25) is 0 Å². The zero-order valence-electron chi connectivity index (χ0n) is 9.50. The van der Waals surface area contributed by atoms with Crippen LogP contribution >= 0.6 is 0 Å². The van der Waals surface area contributed by atoms with Crippen LogP contribution < -0.4 is 0 Å². The van der Waals surface area contributed by atoms with Crippen LogP contribution in [-0.2, 0) is 6.42 Å². The van der Waals surface area contributed by atoms with Gasteiger partial charge in [0.15, 0.2) is 5.69 Å². The van der Waals surface area contributed by atoms with Gasteiger partial charge in [0.1, 0.15) is 0 Å². The first-order valence-electron chi connectivity index (χ1n) is 5.45. The number of hydrogen-bond donors (Lipinski definition) is 1. The Labute approximate surface area is 98.7 Å². The molecule has 5 nitrogen and oxygen atoms in total. The first-order chi connectivity index (χ1) is 8.22. The Hall–Kier alpha value is -2.17. The van der Waals surface area contributed by atoms with Crippen molar-refractivity contribution in [2.45, 2.75) is 19.8 Å². The normalized spacial score (nSPS) is 10.4. The highest BCUT2D eigenvalue weighted by Gasteiger charge is 2.12. The number of hydrogen-bond acceptors (Lipinski definition) is 3. The molecule has 17 heavy (non-hydrogen) atoms. The number of aromatic nitrogens is 3. The topological polar surface area (TPSA) is 68.0 Å². The summed E-state index contributed by atoms with van der Waals surface area (Å²) in [6, 6.07) is 7.66. The third kappa shape index (κ3) is 2.33. The number of carboxylic acids is 1. The van der Waals surface area contributed by atoms with Gasteiger partial charge in [-0.1, -0.05) is 30.7 Å². The molecule has 1 aromatic heterocycles.